The Balaban J connectivity index is 2.03. The number of carbonyl (C=O) groups is 1. The van der Waals surface area contributed by atoms with Crippen LogP contribution >= 0.6 is 0 Å². The van der Waals surface area contributed by atoms with Crippen molar-refractivity contribution in [3.8, 4) is 0 Å². The van der Waals surface area contributed by atoms with Crippen LogP contribution in [0.15, 0.2) is 53.4 Å². The molecule has 0 spiro atoms. The molecule has 2 aromatic carbocycles. The van der Waals surface area contributed by atoms with Crippen LogP contribution in [0.1, 0.15) is 0 Å². The Bertz CT molecular complexity index is 760. The lowest BCUT2D eigenvalue weighted by atomic mass is 10.3. The molecule has 0 atom stereocenters. The number of urea groups is 1. The van der Waals surface area contributed by atoms with E-state index in [2.05, 4.69) is 10.6 Å². The van der Waals surface area contributed by atoms with Gasteiger partial charge in [0.05, 0.1) is 4.90 Å². The summed E-state index contributed by atoms with van der Waals surface area (Å²) in [6.07, 6.45) is 0. The fourth-order valence-corrected chi connectivity index (χ4v) is 2.05. The van der Waals surface area contributed by atoms with Gasteiger partial charge in [0.25, 0.3) is 10.1 Å². The summed E-state index contributed by atoms with van der Waals surface area (Å²) in [5, 5.41) is 4.86. The third-order valence-electron chi connectivity index (χ3n) is 2.49. The SMILES string of the molecule is O=C(Nc1ccc(S(=O)(=O)O)cc1)Nc1cccc(F)c1. The van der Waals surface area contributed by atoms with Gasteiger partial charge in [-0.05, 0) is 42.5 Å². The minimum absolute atomic E-state index is 0.279. The molecule has 2 rings (SSSR count). The Hall–Kier alpha value is -2.45. The highest BCUT2D eigenvalue weighted by molar-refractivity contribution is 7.85. The Kier molecular flexibility index (Phi) is 4.20. The zero-order chi connectivity index (χ0) is 15.5. The molecule has 8 heteroatoms. The molecule has 2 aromatic rings. The second-order valence-corrected chi connectivity index (χ2v) is 5.51. The van der Waals surface area contributed by atoms with Crippen molar-refractivity contribution in [2.75, 3.05) is 10.6 Å². The van der Waals surface area contributed by atoms with Crippen LogP contribution < -0.4 is 10.6 Å². The van der Waals surface area contributed by atoms with Crippen LogP contribution in [0.3, 0.4) is 0 Å². The van der Waals surface area contributed by atoms with Crippen molar-refractivity contribution >= 4 is 27.5 Å². The van der Waals surface area contributed by atoms with E-state index in [0.717, 1.165) is 18.2 Å². The first-order chi connectivity index (χ1) is 9.84. The number of anilines is 2. The van der Waals surface area contributed by atoms with Crippen molar-refractivity contribution < 1.29 is 22.2 Å². The lowest BCUT2D eigenvalue weighted by Gasteiger charge is -2.08. The molecule has 110 valence electrons. The van der Waals surface area contributed by atoms with E-state index >= 15 is 0 Å². The maximum absolute atomic E-state index is 12.9. The van der Waals surface area contributed by atoms with E-state index < -0.39 is 22.0 Å². The van der Waals surface area contributed by atoms with E-state index in [1.807, 2.05) is 0 Å². The number of hydrogen-bond acceptors (Lipinski definition) is 3. The fourth-order valence-electron chi connectivity index (χ4n) is 1.57. The lowest BCUT2D eigenvalue weighted by molar-refractivity contribution is 0.262. The van der Waals surface area contributed by atoms with Crippen LogP contribution in [0, 0.1) is 5.82 Å². The zero-order valence-electron chi connectivity index (χ0n) is 10.6. The highest BCUT2D eigenvalue weighted by Crippen LogP contribution is 2.14. The first-order valence-electron chi connectivity index (χ1n) is 5.76. The van der Waals surface area contributed by atoms with Gasteiger partial charge in [0.1, 0.15) is 5.82 Å². The largest absolute Gasteiger partial charge is 0.323 e. The first-order valence-corrected chi connectivity index (χ1v) is 7.20. The molecule has 0 radical (unpaired) electrons. The predicted octanol–water partition coefficient (Wildman–Crippen LogP) is 2.72. The smallest absolute Gasteiger partial charge is 0.308 e. The molecule has 0 aliphatic rings. The van der Waals surface area contributed by atoms with Crippen molar-refractivity contribution in [3.63, 3.8) is 0 Å². The summed E-state index contributed by atoms with van der Waals surface area (Å²) in [5.74, 6) is -0.481. The van der Waals surface area contributed by atoms with Gasteiger partial charge in [0.15, 0.2) is 0 Å². The van der Waals surface area contributed by atoms with Crippen LogP contribution in [0.2, 0.25) is 0 Å². The summed E-state index contributed by atoms with van der Waals surface area (Å²) >= 11 is 0. The highest BCUT2D eigenvalue weighted by Gasteiger charge is 2.09. The minimum Gasteiger partial charge on any atom is -0.308 e. The van der Waals surface area contributed by atoms with Gasteiger partial charge in [-0.2, -0.15) is 8.42 Å². The third-order valence-corrected chi connectivity index (χ3v) is 3.36. The third kappa shape index (κ3) is 4.26. The molecule has 0 fully saturated rings. The Morgan fingerprint density at radius 1 is 1.00 bits per heavy atom. The summed E-state index contributed by atoms with van der Waals surface area (Å²) in [6.45, 7) is 0. The van der Waals surface area contributed by atoms with Crippen molar-refractivity contribution in [2.45, 2.75) is 4.90 Å². The summed E-state index contributed by atoms with van der Waals surface area (Å²) in [5.41, 5.74) is 0.596. The van der Waals surface area contributed by atoms with E-state index in [1.54, 1.807) is 0 Å². The maximum atomic E-state index is 12.9. The number of amides is 2. The number of halogens is 1. The van der Waals surface area contributed by atoms with E-state index in [0.29, 0.717) is 5.69 Å². The first kappa shape index (κ1) is 14.9. The van der Waals surface area contributed by atoms with Crippen LogP contribution in [-0.4, -0.2) is 19.0 Å². The van der Waals surface area contributed by atoms with Gasteiger partial charge in [0, 0.05) is 11.4 Å². The average Bonchev–Trinajstić information content (AvgIpc) is 2.38. The molecule has 21 heavy (non-hydrogen) atoms. The van der Waals surface area contributed by atoms with Crippen LogP contribution in [0.4, 0.5) is 20.6 Å². The molecule has 2 amide bonds. The molecule has 0 aliphatic heterocycles. The quantitative estimate of drug-likeness (QED) is 0.760. The highest BCUT2D eigenvalue weighted by atomic mass is 32.2. The van der Waals surface area contributed by atoms with Gasteiger partial charge in [-0.25, -0.2) is 9.18 Å². The number of carbonyl (C=O) groups excluding carboxylic acids is 1. The van der Waals surface area contributed by atoms with Gasteiger partial charge in [-0.15, -0.1) is 0 Å². The molecule has 0 saturated carbocycles. The molecule has 0 unspecified atom stereocenters. The molecule has 0 aromatic heterocycles. The predicted molar refractivity (Wildman–Crippen MR) is 75.3 cm³/mol. The molecule has 0 saturated heterocycles. The van der Waals surface area contributed by atoms with Gasteiger partial charge >= 0.3 is 6.03 Å². The van der Waals surface area contributed by atoms with Crippen molar-refractivity contribution in [1.82, 2.24) is 0 Å². The molecule has 6 nitrogen and oxygen atoms in total. The zero-order valence-corrected chi connectivity index (χ0v) is 11.4. The van der Waals surface area contributed by atoms with Crippen molar-refractivity contribution in [1.29, 1.82) is 0 Å². The van der Waals surface area contributed by atoms with E-state index in [4.69, 9.17) is 4.55 Å². The summed E-state index contributed by atoms with van der Waals surface area (Å²) < 4.78 is 43.5. The van der Waals surface area contributed by atoms with Gasteiger partial charge in [0.2, 0.25) is 0 Å². The van der Waals surface area contributed by atoms with E-state index in [1.165, 1.54) is 30.3 Å². The topological polar surface area (TPSA) is 95.5 Å². The second kappa shape index (κ2) is 5.90. The van der Waals surface area contributed by atoms with Crippen LogP contribution in [0.25, 0.3) is 0 Å². The lowest BCUT2D eigenvalue weighted by Crippen LogP contribution is -2.19. The maximum Gasteiger partial charge on any atom is 0.323 e. The minimum atomic E-state index is -4.27. The standard InChI is InChI=1S/C13H11FN2O4S/c14-9-2-1-3-11(8-9)16-13(17)15-10-4-6-12(7-5-10)21(18,19)20/h1-8H,(H2,15,16,17)(H,18,19,20). The number of rotatable bonds is 3. The fraction of sp³-hybridized carbons (Fsp3) is 0. The van der Waals surface area contributed by atoms with Gasteiger partial charge in [-0.3, -0.25) is 4.55 Å². The summed E-state index contributed by atoms with van der Waals surface area (Å²) in [6, 6.07) is 9.68. The number of nitrogens with one attached hydrogen (secondary N) is 2. The summed E-state index contributed by atoms with van der Waals surface area (Å²) in [4.78, 5) is 11.4. The Labute approximate surface area is 120 Å². The molecular formula is C13H11FN2O4S. The monoisotopic (exact) mass is 310 g/mol. The molecule has 0 aliphatic carbocycles. The van der Waals surface area contributed by atoms with E-state index in [9.17, 15) is 17.6 Å². The van der Waals surface area contributed by atoms with Crippen molar-refractivity contribution in [3.05, 3.63) is 54.3 Å². The Morgan fingerprint density at radius 3 is 2.19 bits per heavy atom. The number of hydrogen-bond donors (Lipinski definition) is 3. The molecule has 0 heterocycles. The van der Waals surface area contributed by atoms with E-state index in [-0.39, 0.29) is 10.6 Å². The van der Waals surface area contributed by atoms with Gasteiger partial charge < -0.3 is 10.6 Å². The molecule has 3 N–H and O–H groups in total. The number of benzene rings is 2. The van der Waals surface area contributed by atoms with Crippen LogP contribution in [-0.2, 0) is 10.1 Å². The van der Waals surface area contributed by atoms with Crippen molar-refractivity contribution in [2.24, 2.45) is 0 Å². The van der Waals surface area contributed by atoms with Gasteiger partial charge in [-0.1, -0.05) is 6.07 Å². The summed E-state index contributed by atoms with van der Waals surface area (Å²) in [7, 11) is -4.27. The Morgan fingerprint density at radius 2 is 1.62 bits per heavy atom. The molecule has 0 bridgehead atoms. The molecular weight excluding hydrogens is 299 g/mol. The second-order valence-electron chi connectivity index (χ2n) is 4.09. The average molecular weight is 310 g/mol. The van der Waals surface area contributed by atoms with Crippen LogP contribution in [0.5, 0.6) is 0 Å². The normalized spacial score (nSPS) is 11.0.